The molecule has 1 aromatic rings. The van der Waals surface area contributed by atoms with Gasteiger partial charge in [-0.3, -0.25) is 9.59 Å². The van der Waals surface area contributed by atoms with E-state index in [9.17, 15) is 9.59 Å². The zero-order chi connectivity index (χ0) is 16.9. The van der Waals surface area contributed by atoms with Gasteiger partial charge in [0.05, 0.1) is 0 Å². The van der Waals surface area contributed by atoms with Crippen molar-refractivity contribution >= 4 is 17.5 Å². The molecular weight excluding hydrogens is 304 g/mol. The lowest BCUT2D eigenvalue weighted by Crippen LogP contribution is -2.43. The molecule has 24 heavy (non-hydrogen) atoms. The summed E-state index contributed by atoms with van der Waals surface area (Å²) >= 11 is 0. The highest BCUT2D eigenvalue weighted by molar-refractivity contribution is 5.94. The number of nitrogens with one attached hydrogen (secondary N) is 2. The number of carbonyl (C=O) groups excluding carboxylic acids is 2. The molecule has 2 fully saturated rings. The molecule has 5 heteroatoms. The van der Waals surface area contributed by atoms with E-state index in [1.54, 1.807) is 24.3 Å². The molecule has 2 aliphatic carbocycles. The first-order valence-electron chi connectivity index (χ1n) is 8.95. The molecule has 0 saturated heterocycles. The average molecular weight is 330 g/mol. The van der Waals surface area contributed by atoms with Crippen LogP contribution in [0, 0.1) is 11.8 Å². The van der Waals surface area contributed by atoms with Gasteiger partial charge < -0.3 is 15.4 Å². The zero-order valence-electron chi connectivity index (χ0n) is 14.2. The van der Waals surface area contributed by atoms with E-state index < -0.39 is 0 Å². The summed E-state index contributed by atoms with van der Waals surface area (Å²) in [4.78, 5) is 23.7. The fourth-order valence-corrected chi connectivity index (χ4v) is 3.15. The van der Waals surface area contributed by atoms with E-state index in [1.807, 2.05) is 0 Å². The van der Waals surface area contributed by atoms with Gasteiger partial charge in [-0.1, -0.05) is 19.8 Å². The Kier molecular flexibility index (Phi) is 5.38. The van der Waals surface area contributed by atoms with Gasteiger partial charge in [0.25, 0.3) is 5.91 Å². The maximum absolute atomic E-state index is 12.0. The first-order valence-corrected chi connectivity index (χ1v) is 8.95. The summed E-state index contributed by atoms with van der Waals surface area (Å²) in [5.74, 6) is 1.37. The fourth-order valence-electron chi connectivity index (χ4n) is 3.15. The van der Waals surface area contributed by atoms with E-state index in [2.05, 4.69) is 17.6 Å². The van der Waals surface area contributed by atoms with Crippen LogP contribution < -0.4 is 15.4 Å². The van der Waals surface area contributed by atoms with Gasteiger partial charge in [0.15, 0.2) is 6.61 Å². The minimum absolute atomic E-state index is 0.0248. The van der Waals surface area contributed by atoms with E-state index in [-0.39, 0.29) is 30.4 Å². The van der Waals surface area contributed by atoms with Gasteiger partial charge in [-0.15, -0.1) is 0 Å². The van der Waals surface area contributed by atoms with Crippen molar-refractivity contribution < 1.29 is 14.3 Å². The number of hydrogen-bond acceptors (Lipinski definition) is 3. The Bertz CT molecular complexity index is 581. The Morgan fingerprint density at radius 3 is 2.46 bits per heavy atom. The van der Waals surface area contributed by atoms with Gasteiger partial charge in [-0.05, 0) is 55.9 Å². The van der Waals surface area contributed by atoms with Gasteiger partial charge >= 0.3 is 0 Å². The standard InChI is InChI=1S/C19H26N2O3/c1-13-4-2-3-5-17(13)21-18(22)12-24-16-10-8-15(9-11-16)20-19(23)14-6-7-14/h8-11,13-14,17H,2-7,12H2,1H3,(H,20,23)(H,21,22). The largest absolute Gasteiger partial charge is 0.484 e. The summed E-state index contributed by atoms with van der Waals surface area (Å²) in [7, 11) is 0. The molecule has 2 atom stereocenters. The Hall–Kier alpha value is -2.04. The van der Waals surface area contributed by atoms with Gasteiger partial charge in [0.1, 0.15) is 5.75 Å². The molecule has 3 rings (SSSR count). The average Bonchev–Trinajstić information content (AvgIpc) is 3.41. The quantitative estimate of drug-likeness (QED) is 0.842. The number of anilines is 1. The third-order valence-electron chi connectivity index (χ3n) is 4.90. The summed E-state index contributed by atoms with van der Waals surface area (Å²) in [5.41, 5.74) is 0.764. The minimum atomic E-state index is -0.0696. The summed E-state index contributed by atoms with van der Waals surface area (Å²) in [6, 6.07) is 7.43. The number of benzene rings is 1. The molecule has 130 valence electrons. The molecule has 2 N–H and O–H groups in total. The van der Waals surface area contributed by atoms with Crippen molar-refractivity contribution in [3.05, 3.63) is 24.3 Å². The molecule has 2 saturated carbocycles. The minimum Gasteiger partial charge on any atom is -0.484 e. The first kappa shape index (κ1) is 16.8. The number of hydrogen-bond donors (Lipinski definition) is 2. The Morgan fingerprint density at radius 1 is 1.08 bits per heavy atom. The first-order chi connectivity index (χ1) is 11.6. The van der Waals surface area contributed by atoms with Crippen LogP contribution in [0.1, 0.15) is 45.4 Å². The predicted molar refractivity (Wildman–Crippen MR) is 92.9 cm³/mol. The van der Waals surface area contributed by atoms with Crippen LogP contribution in [0.5, 0.6) is 5.75 Å². The second-order valence-corrected chi connectivity index (χ2v) is 7.01. The maximum atomic E-state index is 12.0. The molecule has 0 spiro atoms. The van der Waals surface area contributed by atoms with Crippen molar-refractivity contribution in [2.75, 3.05) is 11.9 Å². The van der Waals surface area contributed by atoms with E-state index in [1.165, 1.54) is 19.3 Å². The van der Waals surface area contributed by atoms with Gasteiger partial charge in [0.2, 0.25) is 5.91 Å². The summed E-state index contributed by atoms with van der Waals surface area (Å²) in [5, 5.41) is 5.96. The van der Waals surface area contributed by atoms with Crippen LogP contribution in [-0.4, -0.2) is 24.5 Å². The fraction of sp³-hybridized carbons (Fsp3) is 0.579. The zero-order valence-corrected chi connectivity index (χ0v) is 14.2. The lowest BCUT2D eigenvalue weighted by Gasteiger charge is -2.29. The summed E-state index contributed by atoms with van der Waals surface area (Å²) in [6.45, 7) is 2.22. The molecule has 0 aliphatic heterocycles. The number of ether oxygens (including phenoxy) is 1. The number of amides is 2. The van der Waals surface area contributed by atoms with Crippen LogP contribution in [0.2, 0.25) is 0 Å². The Balaban J connectivity index is 1.42. The molecule has 0 radical (unpaired) electrons. The van der Waals surface area contributed by atoms with Crippen molar-refractivity contribution in [1.29, 1.82) is 0 Å². The molecule has 2 aliphatic rings. The number of rotatable bonds is 6. The summed E-state index contributed by atoms with van der Waals surface area (Å²) < 4.78 is 5.54. The molecule has 0 heterocycles. The van der Waals surface area contributed by atoms with E-state index >= 15 is 0 Å². The van der Waals surface area contributed by atoms with E-state index in [0.29, 0.717) is 11.7 Å². The highest BCUT2D eigenvalue weighted by atomic mass is 16.5. The molecule has 1 aromatic carbocycles. The van der Waals surface area contributed by atoms with E-state index in [0.717, 1.165) is 24.9 Å². The lowest BCUT2D eigenvalue weighted by atomic mass is 9.86. The molecule has 2 unspecified atom stereocenters. The lowest BCUT2D eigenvalue weighted by molar-refractivity contribution is -0.124. The molecule has 2 amide bonds. The van der Waals surface area contributed by atoms with Crippen LogP contribution in [0.3, 0.4) is 0 Å². The van der Waals surface area contributed by atoms with Crippen LogP contribution >= 0.6 is 0 Å². The van der Waals surface area contributed by atoms with Gasteiger partial charge in [-0.2, -0.15) is 0 Å². The molecule has 5 nitrogen and oxygen atoms in total. The van der Waals surface area contributed by atoms with Crippen molar-refractivity contribution in [3.8, 4) is 5.75 Å². The third kappa shape index (κ3) is 4.73. The predicted octanol–water partition coefficient (Wildman–Crippen LogP) is 3.11. The van der Waals surface area contributed by atoms with Crippen LogP contribution in [0.4, 0.5) is 5.69 Å². The normalized spacial score (nSPS) is 23.4. The van der Waals surface area contributed by atoms with Gasteiger partial charge in [0, 0.05) is 17.6 Å². The number of carbonyl (C=O) groups is 2. The second kappa shape index (κ2) is 7.69. The highest BCUT2D eigenvalue weighted by Gasteiger charge is 2.29. The SMILES string of the molecule is CC1CCCCC1NC(=O)COc1ccc(NC(=O)C2CC2)cc1. The van der Waals surface area contributed by atoms with Gasteiger partial charge in [-0.25, -0.2) is 0 Å². The second-order valence-electron chi connectivity index (χ2n) is 7.01. The Labute approximate surface area is 143 Å². The highest BCUT2D eigenvalue weighted by Crippen LogP contribution is 2.30. The van der Waals surface area contributed by atoms with Crippen LogP contribution in [0.15, 0.2) is 24.3 Å². The van der Waals surface area contributed by atoms with Crippen molar-refractivity contribution in [2.24, 2.45) is 11.8 Å². The van der Waals surface area contributed by atoms with Crippen LogP contribution in [-0.2, 0) is 9.59 Å². The van der Waals surface area contributed by atoms with Crippen molar-refractivity contribution in [3.63, 3.8) is 0 Å². The van der Waals surface area contributed by atoms with Crippen LogP contribution in [0.25, 0.3) is 0 Å². The molecule has 0 bridgehead atoms. The Morgan fingerprint density at radius 2 is 1.79 bits per heavy atom. The molecule has 0 aromatic heterocycles. The monoisotopic (exact) mass is 330 g/mol. The third-order valence-corrected chi connectivity index (χ3v) is 4.90. The smallest absolute Gasteiger partial charge is 0.258 e. The molecular formula is C19H26N2O3. The topological polar surface area (TPSA) is 67.4 Å². The van der Waals surface area contributed by atoms with Crippen molar-refractivity contribution in [2.45, 2.75) is 51.5 Å². The maximum Gasteiger partial charge on any atom is 0.258 e. The van der Waals surface area contributed by atoms with Crippen molar-refractivity contribution in [1.82, 2.24) is 5.32 Å². The van der Waals surface area contributed by atoms with E-state index in [4.69, 9.17) is 4.74 Å². The summed E-state index contributed by atoms with van der Waals surface area (Å²) in [6.07, 6.45) is 6.66.